The lowest BCUT2D eigenvalue weighted by molar-refractivity contribution is 0.000106. The van der Waals surface area contributed by atoms with E-state index in [-0.39, 0.29) is 12.2 Å². The van der Waals surface area contributed by atoms with Gasteiger partial charge in [-0.15, -0.1) is 0 Å². The quantitative estimate of drug-likeness (QED) is 0.491. The largest absolute Gasteiger partial charge is 0.387 e. The Balaban J connectivity index is 1.87. The number of hydrogen-bond donors (Lipinski definition) is 2. The lowest BCUT2D eigenvalue weighted by Crippen LogP contribution is -2.29. The first-order valence-electron chi connectivity index (χ1n) is 7.21. The van der Waals surface area contributed by atoms with Crippen LogP contribution >= 0.6 is 0 Å². The van der Waals surface area contributed by atoms with Crippen molar-refractivity contribution in [2.75, 3.05) is 0 Å². The molecule has 3 nitrogen and oxygen atoms in total. The lowest BCUT2D eigenvalue weighted by atomic mass is 9.84. The van der Waals surface area contributed by atoms with Gasteiger partial charge in [-0.05, 0) is 44.8 Å². The SMILES string of the molecule is O[C@H]1c2ccc3cc4ccccc4cc3c2[C@@H]2OC2[C@@H]1O. The highest BCUT2D eigenvalue weighted by molar-refractivity contribution is 6.00. The Morgan fingerprint density at radius 1 is 0.857 bits per heavy atom. The third-order valence-corrected chi connectivity index (χ3v) is 4.75. The summed E-state index contributed by atoms with van der Waals surface area (Å²) in [5.41, 5.74) is 1.84. The molecule has 4 atom stereocenters. The van der Waals surface area contributed by atoms with Crippen LogP contribution in [0.2, 0.25) is 0 Å². The van der Waals surface area contributed by atoms with Gasteiger partial charge in [0.15, 0.2) is 0 Å². The summed E-state index contributed by atoms with van der Waals surface area (Å²) >= 11 is 0. The summed E-state index contributed by atoms with van der Waals surface area (Å²) < 4.78 is 5.60. The minimum atomic E-state index is -0.861. The number of epoxide rings is 1. The number of rotatable bonds is 0. The van der Waals surface area contributed by atoms with Crippen LogP contribution in [-0.4, -0.2) is 22.4 Å². The molecule has 2 N–H and O–H groups in total. The van der Waals surface area contributed by atoms with E-state index < -0.39 is 12.2 Å². The molecule has 1 aliphatic heterocycles. The molecule has 0 spiro atoms. The van der Waals surface area contributed by atoms with Crippen molar-refractivity contribution in [2.45, 2.75) is 24.4 Å². The molecule has 1 heterocycles. The second kappa shape index (κ2) is 3.83. The first-order valence-corrected chi connectivity index (χ1v) is 7.21. The number of benzene rings is 3. The van der Waals surface area contributed by atoms with Crippen molar-refractivity contribution in [1.82, 2.24) is 0 Å². The molecule has 21 heavy (non-hydrogen) atoms. The number of aliphatic hydroxyl groups is 2. The second-order valence-corrected chi connectivity index (χ2v) is 5.95. The van der Waals surface area contributed by atoms with Gasteiger partial charge in [-0.25, -0.2) is 0 Å². The average Bonchev–Trinajstić information content (AvgIpc) is 3.30. The van der Waals surface area contributed by atoms with Crippen molar-refractivity contribution in [2.24, 2.45) is 0 Å². The second-order valence-electron chi connectivity index (χ2n) is 5.95. The van der Waals surface area contributed by atoms with Crippen LogP contribution in [0, 0.1) is 0 Å². The molecule has 0 amide bonds. The van der Waals surface area contributed by atoms with Crippen molar-refractivity contribution in [1.29, 1.82) is 0 Å². The third-order valence-electron chi connectivity index (χ3n) is 4.75. The van der Waals surface area contributed by atoms with Crippen LogP contribution in [0.25, 0.3) is 21.5 Å². The van der Waals surface area contributed by atoms with Crippen molar-refractivity contribution in [3.63, 3.8) is 0 Å². The Morgan fingerprint density at radius 3 is 2.43 bits per heavy atom. The molecule has 0 saturated carbocycles. The molecule has 3 heteroatoms. The molecule has 0 bridgehead atoms. The zero-order valence-corrected chi connectivity index (χ0v) is 11.2. The average molecular weight is 278 g/mol. The van der Waals surface area contributed by atoms with Crippen LogP contribution in [0.3, 0.4) is 0 Å². The molecule has 5 rings (SSSR count). The van der Waals surface area contributed by atoms with E-state index in [1.165, 1.54) is 10.8 Å². The molecular formula is C18H14O3. The molecule has 2 aliphatic rings. The summed E-state index contributed by atoms with van der Waals surface area (Å²) in [7, 11) is 0. The van der Waals surface area contributed by atoms with E-state index in [2.05, 4.69) is 24.3 Å². The fourth-order valence-corrected chi connectivity index (χ4v) is 3.61. The molecule has 3 aromatic rings. The normalized spacial score (nSPS) is 30.2. The van der Waals surface area contributed by atoms with Gasteiger partial charge in [-0.2, -0.15) is 0 Å². The van der Waals surface area contributed by atoms with Gasteiger partial charge < -0.3 is 14.9 Å². The Hall–Kier alpha value is -1.94. The maximum absolute atomic E-state index is 10.3. The zero-order chi connectivity index (χ0) is 14.1. The van der Waals surface area contributed by atoms with E-state index in [1.54, 1.807) is 0 Å². The smallest absolute Gasteiger partial charge is 0.118 e. The van der Waals surface area contributed by atoms with E-state index in [0.717, 1.165) is 21.9 Å². The van der Waals surface area contributed by atoms with Crippen LogP contribution in [0.4, 0.5) is 0 Å². The van der Waals surface area contributed by atoms with E-state index in [0.29, 0.717) is 0 Å². The predicted octanol–water partition coefficient (Wildman–Crippen LogP) is 2.84. The molecule has 3 aromatic carbocycles. The molecule has 1 saturated heterocycles. The summed E-state index contributed by atoms with van der Waals surface area (Å²) in [5.74, 6) is 0. The van der Waals surface area contributed by atoms with Gasteiger partial charge in [0.2, 0.25) is 0 Å². The molecule has 1 fully saturated rings. The van der Waals surface area contributed by atoms with Gasteiger partial charge >= 0.3 is 0 Å². The minimum Gasteiger partial charge on any atom is -0.387 e. The van der Waals surface area contributed by atoms with Crippen LogP contribution < -0.4 is 0 Å². The van der Waals surface area contributed by atoms with Crippen molar-refractivity contribution < 1.29 is 14.9 Å². The summed E-state index contributed by atoms with van der Waals surface area (Å²) in [6.45, 7) is 0. The third kappa shape index (κ3) is 1.48. The molecule has 0 aromatic heterocycles. The Bertz CT molecular complexity index is 886. The number of hydrogen-bond acceptors (Lipinski definition) is 3. The van der Waals surface area contributed by atoms with Crippen molar-refractivity contribution in [3.8, 4) is 0 Å². The lowest BCUT2D eigenvalue weighted by Gasteiger charge is -2.24. The number of aliphatic hydroxyl groups excluding tert-OH is 2. The standard InChI is InChI=1S/C18H14O3/c19-15-12-6-5-11-7-9-3-1-2-4-10(9)8-13(11)14(12)17-18(21-17)16(15)20/h1-8,15-20H/t15-,16+,17-,18?/m0/s1. The van der Waals surface area contributed by atoms with E-state index in [1.807, 2.05) is 24.3 Å². The first kappa shape index (κ1) is 11.7. The summed E-state index contributed by atoms with van der Waals surface area (Å²) in [6.07, 6.45) is -2.02. The maximum atomic E-state index is 10.3. The Labute approximate surface area is 121 Å². The van der Waals surface area contributed by atoms with E-state index >= 15 is 0 Å². The van der Waals surface area contributed by atoms with Crippen LogP contribution in [0.1, 0.15) is 23.3 Å². The molecule has 104 valence electrons. The maximum Gasteiger partial charge on any atom is 0.118 e. The fraction of sp³-hybridized carbons (Fsp3) is 0.222. The molecule has 1 unspecified atom stereocenters. The summed E-state index contributed by atoms with van der Waals surface area (Å²) in [5, 5.41) is 24.9. The molecule has 1 aliphatic carbocycles. The van der Waals surface area contributed by atoms with Gasteiger partial charge in [0, 0.05) is 0 Å². The Kier molecular flexibility index (Phi) is 2.13. The van der Waals surface area contributed by atoms with Crippen LogP contribution in [0.5, 0.6) is 0 Å². The molecular weight excluding hydrogens is 264 g/mol. The van der Waals surface area contributed by atoms with Crippen molar-refractivity contribution in [3.05, 3.63) is 59.7 Å². The van der Waals surface area contributed by atoms with Crippen LogP contribution in [-0.2, 0) is 4.74 Å². The van der Waals surface area contributed by atoms with E-state index in [9.17, 15) is 10.2 Å². The monoisotopic (exact) mass is 278 g/mol. The Morgan fingerprint density at radius 2 is 1.62 bits per heavy atom. The van der Waals surface area contributed by atoms with Crippen LogP contribution in [0.15, 0.2) is 48.5 Å². The number of fused-ring (bicyclic) bond motifs is 6. The first-order chi connectivity index (χ1) is 10.2. The highest BCUT2D eigenvalue weighted by atomic mass is 16.6. The van der Waals surface area contributed by atoms with Gasteiger partial charge in [-0.3, -0.25) is 0 Å². The number of ether oxygens (including phenoxy) is 1. The zero-order valence-electron chi connectivity index (χ0n) is 11.2. The fourth-order valence-electron chi connectivity index (χ4n) is 3.61. The highest BCUT2D eigenvalue weighted by Crippen LogP contribution is 2.53. The van der Waals surface area contributed by atoms with Gasteiger partial charge in [0.1, 0.15) is 24.4 Å². The topological polar surface area (TPSA) is 53.0 Å². The van der Waals surface area contributed by atoms with Crippen molar-refractivity contribution >= 4 is 21.5 Å². The highest BCUT2D eigenvalue weighted by Gasteiger charge is 2.54. The van der Waals surface area contributed by atoms with Gasteiger partial charge in [0.05, 0.1) is 0 Å². The summed E-state index contributed by atoms with van der Waals surface area (Å²) in [6, 6.07) is 16.5. The van der Waals surface area contributed by atoms with Gasteiger partial charge in [0.25, 0.3) is 0 Å². The van der Waals surface area contributed by atoms with E-state index in [4.69, 9.17) is 4.74 Å². The minimum absolute atomic E-state index is 0.0803. The predicted molar refractivity (Wildman–Crippen MR) is 80.0 cm³/mol. The van der Waals surface area contributed by atoms with Gasteiger partial charge in [-0.1, -0.05) is 36.4 Å². The molecule has 0 radical (unpaired) electrons. The summed E-state index contributed by atoms with van der Waals surface area (Å²) in [4.78, 5) is 0.